The molecular weight excluding hydrogens is 316 g/mol. The van der Waals surface area contributed by atoms with E-state index in [4.69, 9.17) is 21.1 Å². The van der Waals surface area contributed by atoms with Crippen molar-refractivity contribution < 1.29 is 14.3 Å². The summed E-state index contributed by atoms with van der Waals surface area (Å²) < 4.78 is 11.0. The van der Waals surface area contributed by atoms with Crippen molar-refractivity contribution in [1.82, 2.24) is 4.98 Å². The van der Waals surface area contributed by atoms with Gasteiger partial charge in [0, 0.05) is 11.8 Å². The fraction of sp³-hybridized carbons (Fsp3) is 0.294. The van der Waals surface area contributed by atoms with Gasteiger partial charge in [0.05, 0.1) is 12.1 Å². The summed E-state index contributed by atoms with van der Waals surface area (Å²) in [6.45, 7) is 3.98. The largest absolute Gasteiger partial charge is 0.493 e. The Hall–Kier alpha value is -2.27. The zero-order chi connectivity index (χ0) is 16.8. The van der Waals surface area contributed by atoms with Crippen LogP contribution in [0.3, 0.4) is 0 Å². The number of amides is 1. The molecule has 0 atom stereocenters. The van der Waals surface area contributed by atoms with Crippen LogP contribution in [0.5, 0.6) is 11.5 Å². The third-order valence-electron chi connectivity index (χ3n) is 3.19. The van der Waals surface area contributed by atoms with Crippen molar-refractivity contribution in [1.29, 1.82) is 0 Å². The zero-order valence-corrected chi connectivity index (χ0v) is 14.1. The molecule has 5 nitrogen and oxygen atoms in total. The highest BCUT2D eigenvalue weighted by Crippen LogP contribution is 2.35. The molecule has 0 aliphatic carbocycles. The lowest BCUT2D eigenvalue weighted by Gasteiger charge is -2.16. The molecule has 1 aromatic carbocycles. The lowest BCUT2D eigenvalue weighted by atomic mass is 10.0. The molecule has 1 N–H and O–H groups in total. The Balaban J connectivity index is 2.05. The van der Waals surface area contributed by atoms with Crippen LogP contribution in [-0.4, -0.2) is 24.6 Å². The molecule has 0 spiro atoms. The summed E-state index contributed by atoms with van der Waals surface area (Å²) in [7, 11) is 1.57. The number of benzene rings is 1. The molecule has 122 valence electrons. The number of aromatic nitrogens is 1. The van der Waals surface area contributed by atoms with Crippen molar-refractivity contribution in [3.05, 3.63) is 47.1 Å². The lowest BCUT2D eigenvalue weighted by Crippen LogP contribution is -2.21. The quantitative estimate of drug-likeness (QED) is 0.870. The molecule has 23 heavy (non-hydrogen) atoms. The van der Waals surface area contributed by atoms with Crippen molar-refractivity contribution in [2.75, 3.05) is 19.0 Å². The van der Waals surface area contributed by atoms with Crippen LogP contribution in [0.2, 0.25) is 5.02 Å². The molecule has 2 rings (SSSR count). The molecule has 0 unspecified atom stereocenters. The van der Waals surface area contributed by atoms with Gasteiger partial charge in [-0.25, -0.2) is 4.98 Å². The van der Waals surface area contributed by atoms with Crippen LogP contribution in [0.25, 0.3) is 0 Å². The van der Waals surface area contributed by atoms with Crippen LogP contribution in [0.1, 0.15) is 25.3 Å². The molecule has 2 aromatic rings. The second-order valence-corrected chi connectivity index (χ2v) is 5.67. The highest BCUT2D eigenvalue weighted by Gasteiger charge is 2.15. The number of anilines is 1. The van der Waals surface area contributed by atoms with E-state index in [-0.39, 0.29) is 18.4 Å². The summed E-state index contributed by atoms with van der Waals surface area (Å²) in [5.74, 6) is 1.56. The molecule has 0 bridgehead atoms. The SMILES string of the molecule is COc1cccc(C(C)C)c1OCC(=O)Nc1ccc(Cl)cn1. The average molecular weight is 335 g/mol. The number of rotatable bonds is 6. The van der Waals surface area contributed by atoms with Crippen LogP contribution < -0.4 is 14.8 Å². The molecule has 0 fully saturated rings. The van der Waals surface area contributed by atoms with Gasteiger partial charge in [-0.2, -0.15) is 0 Å². The molecule has 1 amide bonds. The molecular formula is C17H19ClN2O3. The molecule has 0 aliphatic heterocycles. The number of carbonyl (C=O) groups excluding carboxylic acids is 1. The Morgan fingerprint density at radius 1 is 1.30 bits per heavy atom. The number of hydrogen-bond donors (Lipinski definition) is 1. The first-order valence-corrected chi connectivity index (χ1v) is 7.60. The van der Waals surface area contributed by atoms with Crippen molar-refractivity contribution in [2.45, 2.75) is 19.8 Å². The van der Waals surface area contributed by atoms with Crippen molar-refractivity contribution >= 4 is 23.3 Å². The Kier molecular flexibility index (Phi) is 5.82. The maximum Gasteiger partial charge on any atom is 0.263 e. The molecule has 1 aromatic heterocycles. The number of nitrogens with one attached hydrogen (secondary N) is 1. The first-order chi connectivity index (χ1) is 11.0. The highest BCUT2D eigenvalue weighted by molar-refractivity contribution is 6.30. The maximum atomic E-state index is 12.0. The summed E-state index contributed by atoms with van der Waals surface area (Å²) in [4.78, 5) is 16.0. The van der Waals surface area contributed by atoms with Crippen molar-refractivity contribution in [3.63, 3.8) is 0 Å². The number of hydrogen-bond acceptors (Lipinski definition) is 4. The van der Waals surface area contributed by atoms with E-state index >= 15 is 0 Å². The van der Waals surface area contributed by atoms with Gasteiger partial charge in [0.2, 0.25) is 0 Å². The summed E-state index contributed by atoms with van der Waals surface area (Å²) in [6, 6.07) is 8.95. The average Bonchev–Trinajstić information content (AvgIpc) is 2.54. The van der Waals surface area contributed by atoms with E-state index in [1.54, 1.807) is 25.3 Å². The van der Waals surface area contributed by atoms with Gasteiger partial charge in [-0.1, -0.05) is 37.6 Å². The number of para-hydroxylation sites is 1. The number of carbonyl (C=O) groups is 1. The fourth-order valence-corrected chi connectivity index (χ4v) is 2.18. The monoisotopic (exact) mass is 334 g/mol. The first-order valence-electron chi connectivity index (χ1n) is 7.22. The number of methoxy groups -OCH3 is 1. The van der Waals surface area contributed by atoms with E-state index in [0.29, 0.717) is 22.3 Å². The number of halogens is 1. The van der Waals surface area contributed by atoms with Gasteiger partial charge in [0.15, 0.2) is 18.1 Å². The van der Waals surface area contributed by atoms with Crippen LogP contribution in [0.15, 0.2) is 36.5 Å². The summed E-state index contributed by atoms with van der Waals surface area (Å²) in [5, 5.41) is 3.16. The summed E-state index contributed by atoms with van der Waals surface area (Å²) in [5.41, 5.74) is 0.988. The highest BCUT2D eigenvalue weighted by atomic mass is 35.5. The van der Waals surface area contributed by atoms with Gasteiger partial charge in [-0.05, 0) is 24.1 Å². The van der Waals surface area contributed by atoms with E-state index in [0.717, 1.165) is 5.56 Å². The Morgan fingerprint density at radius 3 is 2.70 bits per heavy atom. The minimum Gasteiger partial charge on any atom is -0.493 e. The van der Waals surface area contributed by atoms with Crippen LogP contribution in [0, 0.1) is 0 Å². The number of pyridine rings is 1. The smallest absolute Gasteiger partial charge is 0.263 e. The molecule has 1 heterocycles. The summed E-state index contributed by atoms with van der Waals surface area (Å²) >= 11 is 5.76. The second kappa shape index (κ2) is 7.83. The van der Waals surface area contributed by atoms with Crippen LogP contribution in [-0.2, 0) is 4.79 Å². The van der Waals surface area contributed by atoms with Gasteiger partial charge >= 0.3 is 0 Å². The second-order valence-electron chi connectivity index (χ2n) is 5.23. The standard InChI is InChI=1S/C17H19ClN2O3/c1-11(2)13-5-4-6-14(22-3)17(13)23-10-16(21)20-15-8-7-12(18)9-19-15/h4-9,11H,10H2,1-3H3,(H,19,20,21). The van der Waals surface area contributed by atoms with Crippen LogP contribution >= 0.6 is 11.6 Å². The van der Waals surface area contributed by atoms with Gasteiger partial charge in [0.25, 0.3) is 5.91 Å². The topological polar surface area (TPSA) is 60.5 Å². The van der Waals surface area contributed by atoms with Gasteiger partial charge < -0.3 is 14.8 Å². The Morgan fingerprint density at radius 2 is 2.09 bits per heavy atom. The van der Waals surface area contributed by atoms with Crippen LogP contribution in [0.4, 0.5) is 5.82 Å². The van der Waals surface area contributed by atoms with Gasteiger partial charge in [-0.15, -0.1) is 0 Å². The van der Waals surface area contributed by atoms with Gasteiger partial charge in [0.1, 0.15) is 5.82 Å². The van der Waals surface area contributed by atoms with E-state index in [9.17, 15) is 4.79 Å². The molecule has 0 aliphatic rings. The zero-order valence-electron chi connectivity index (χ0n) is 13.3. The lowest BCUT2D eigenvalue weighted by molar-refractivity contribution is -0.118. The Bertz CT molecular complexity index is 672. The first kappa shape index (κ1) is 17.1. The summed E-state index contributed by atoms with van der Waals surface area (Å²) in [6.07, 6.45) is 1.47. The number of ether oxygens (including phenoxy) is 2. The maximum absolute atomic E-state index is 12.0. The predicted octanol–water partition coefficient (Wildman–Crippen LogP) is 3.88. The van der Waals surface area contributed by atoms with Gasteiger partial charge in [-0.3, -0.25) is 4.79 Å². The molecule has 0 saturated heterocycles. The number of nitrogens with zero attached hydrogens (tertiary/aromatic N) is 1. The van der Waals surface area contributed by atoms with Crippen molar-refractivity contribution in [2.24, 2.45) is 0 Å². The van der Waals surface area contributed by atoms with Crippen molar-refractivity contribution in [3.8, 4) is 11.5 Å². The molecule has 0 radical (unpaired) electrons. The Labute approximate surface area is 140 Å². The van der Waals surface area contributed by atoms with E-state index in [2.05, 4.69) is 24.1 Å². The molecule has 6 heteroatoms. The normalized spacial score (nSPS) is 10.5. The third kappa shape index (κ3) is 4.60. The van der Waals surface area contributed by atoms with E-state index in [1.165, 1.54) is 6.20 Å². The molecule has 0 saturated carbocycles. The fourth-order valence-electron chi connectivity index (χ4n) is 2.07. The van der Waals surface area contributed by atoms with E-state index in [1.807, 2.05) is 12.1 Å². The minimum absolute atomic E-state index is 0.135. The minimum atomic E-state index is -0.305. The van der Waals surface area contributed by atoms with E-state index < -0.39 is 0 Å². The predicted molar refractivity (Wildman–Crippen MR) is 90.5 cm³/mol. The third-order valence-corrected chi connectivity index (χ3v) is 3.42.